The molecule has 0 aromatic heterocycles. The molecule has 0 amide bonds. The summed E-state index contributed by atoms with van der Waals surface area (Å²) < 4.78 is 64.6. The first kappa shape index (κ1) is 44.5. The SMILES string of the molecule is CC(O)N(C(C)O)C(C)O.CCCCCCCCCCCCOS(=O)(=O)O.O=S(=O)(O)O.OCC(O)CO. The maximum atomic E-state index is 10.2. The third kappa shape index (κ3) is 48.5. The van der Waals surface area contributed by atoms with Crippen molar-refractivity contribution >= 4 is 20.8 Å². The molecular weight excluding hydrogens is 554 g/mol. The summed E-state index contributed by atoms with van der Waals surface area (Å²) in [6.45, 7) is 6.04. The molecule has 0 aromatic rings. The minimum atomic E-state index is -4.67. The lowest BCUT2D eigenvalue weighted by Crippen LogP contribution is -2.45. The molecule has 0 spiro atoms. The normalized spacial score (nSPS) is 13.9. The van der Waals surface area contributed by atoms with E-state index in [4.69, 9.17) is 52.7 Å². The highest BCUT2D eigenvalue weighted by Gasteiger charge is 2.20. The van der Waals surface area contributed by atoms with Crippen molar-refractivity contribution in [1.82, 2.24) is 4.90 Å². The predicted octanol–water partition coefficient (Wildman–Crippen LogP) is 0.709. The summed E-state index contributed by atoms with van der Waals surface area (Å²) in [5, 5.41) is 50.9. The zero-order valence-electron chi connectivity index (χ0n) is 22.8. The second-order valence-corrected chi connectivity index (χ2v) is 10.2. The van der Waals surface area contributed by atoms with Crippen LogP contribution in [-0.2, 0) is 25.0 Å². The van der Waals surface area contributed by atoms with Crippen LogP contribution in [0.3, 0.4) is 0 Å². The molecular formula is C21H51NO14S2. The van der Waals surface area contributed by atoms with E-state index >= 15 is 0 Å². The second-order valence-electron chi connectivity index (χ2n) is 8.24. The lowest BCUT2D eigenvalue weighted by molar-refractivity contribution is -0.159. The molecule has 38 heavy (non-hydrogen) atoms. The van der Waals surface area contributed by atoms with Crippen molar-refractivity contribution in [2.75, 3.05) is 19.8 Å². The molecule has 15 nitrogen and oxygen atoms in total. The van der Waals surface area contributed by atoms with Gasteiger partial charge in [-0.2, -0.15) is 16.8 Å². The van der Waals surface area contributed by atoms with E-state index in [9.17, 15) is 8.42 Å². The van der Waals surface area contributed by atoms with Gasteiger partial charge in [-0.15, -0.1) is 0 Å². The molecule has 0 aliphatic rings. The maximum absolute atomic E-state index is 10.2. The maximum Gasteiger partial charge on any atom is 0.397 e. The number of aliphatic hydroxyl groups is 6. The monoisotopic (exact) mass is 605 g/mol. The minimum absolute atomic E-state index is 0.0926. The Morgan fingerprint density at radius 1 is 0.632 bits per heavy atom. The van der Waals surface area contributed by atoms with Gasteiger partial charge in [0.2, 0.25) is 0 Å². The molecule has 0 fully saturated rings. The molecule has 0 saturated carbocycles. The standard InChI is InChI=1S/C12H26O4S.C6H15NO3.C3H8O3.H2O4S/c1-2-3-4-5-6-7-8-9-10-11-12-16-17(13,14)15;1-4(8)7(5(2)9)6(3)10;4-1-3(6)2-5;1-5(2,3)4/h2-12H2,1H3,(H,13,14,15);4-6,8-10H,1-3H3;3-6H,1-2H2;(H2,1,2,3,4). The van der Waals surface area contributed by atoms with Crippen molar-refractivity contribution in [3.8, 4) is 0 Å². The summed E-state index contributed by atoms with van der Waals surface area (Å²) in [7, 11) is -8.90. The van der Waals surface area contributed by atoms with Crippen LogP contribution in [0.2, 0.25) is 0 Å². The Labute approximate surface area is 227 Å². The summed E-state index contributed by atoms with van der Waals surface area (Å²) in [6.07, 6.45) is 8.40. The topological polar surface area (TPSA) is 263 Å². The van der Waals surface area contributed by atoms with E-state index < -0.39 is 45.6 Å². The van der Waals surface area contributed by atoms with E-state index in [2.05, 4.69) is 11.1 Å². The molecule has 0 aliphatic heterocycles. The van der Waals surface area contributed by atoms with Gasteiger partial charge >= 0.3 is 20.8 Å². The van der Waals surface area contributed by atoms with Crippen LogP contribution in [0.25, 0.3) is 0 Å². The lowest BCUT2D eigenvalue weighted by atomic mass is 10.1. The summed E-state index contributed by atoms with van der Waals surface area (Å²) in [4.78, 5) is 1.17. The first-order valence-corrected chi connectivity index (χ1v) is 15.1. The molecule has 236 valence electrons. The highest BCUT2D eigenvalue weighted by atomic mass is 32.3. The van der Waals surface area contributed by atoms with Gasteiger partial charge in [-0.05, 0) is 27.2 Å². The van der Waals surface area contributed by atoms with Gasteiger partial charge in [0, 0.05) is 0 Å². The zero-order valence-corrected chi connectivity index (χ0v) is 24.5. The van der Waals surface area contributed by atoms with E-state index in [0.29, 0.717) is 6.42 Å². The molecule has 0 heterocycles. The molecule has 9 N–H and O–H groups in total. The van der Waals surface area contributed by atoms with Crippen molar-refractivity contribution in [3.63, 3.8) is 0 Å². The Kier molecular flexibility index (Phi) is 32.8. The molecule has 0 bridgehead atoms. The van der Waals surface area contributed by atoms with Gasteiger partial charge in [0.05, 0.1) is 19.8 Å². The zero-order chi connectivity index (χ0) is 30.8. The summed E-state index contributed by atoms with van der Waals surface area (Å²) >= 11 is 0. The number of hydrogen-bond acceptors (Lipinski definition) is 12. The molecule has 0 radical (unpaired) electrons. The van der Waals surface area contributed by atoms with Gasteiger partial charge < -0.3 is 30.6 Å². The molecule has 0 rings (SSSR count). The predicted molar refractivity (Wildman–Crippen MR) is 141 cm³/mol. The first-order valence-electron chi connectivity index (χ1n) is 12.4. The number of aliphatic hydroxyl groups excluding tert-OH is 6. The third-order valence-corrected chi connectivity index (χ3v) is 4.91. The smallest absolute Gasteiger partial charge is 0.394 e. The van der Waals surface area contributed by atoms with Gasteiger partial charge in [-0.1, -0.05) is 64.7 Å². The highest BCUT2D eigenvalue weighted by Crippen LogP contribution is 2.10. The van der Waals surface area contributed by atoms with Crippen LogP contribution in [-0.4, -0.2) is 111 Å². The van der Waals surface area contributed by atoms with Crippen molar-refractivity contribution < 1.29 is 65.3 Å². The van der Waals surface area contributed by atoms with Crippen molar-refractivity contribution in [2.45, 2.75) is 117 Å². The van der Waals surface area contributed by atoms with Gasteiger partial charge in [0.25, 0.3) is 0 Å². The molecule has 0 aromatic carbocycles. The van der Waals surface area contributed by atoms with E-state index in [1.807, 2.05) is 0 Å². The van der Waals surface area contributed by atoms with Crippen LogP contribution in [0.1, 0.15) is 91.9 Å². The largest absolute Gasteiger partial charge is 0.397 e. The summed E-state index contributed by atoms with van der Waals surface area (Å²) in [6, 6.07) is 0. The third-order valence-electron chi connectivity index (χ3n) is 4.45. The van der Waals surface area contributed by atoms with Crippen LogP contribution >= 0.6 is 0 Å². The molecule has 0 saturated heterocycles. The Morgan fingerprint density at radius 2 is 0.921 bits per heavy atom. The Bertz CT molecular complexity index is 657. The van der Waals surface area contributed by atoms with Crippen LogP contribution in [0.4, 0.5) is 0 Å². The number of unbranched alkanes of at least 4 members (excludes halogenated alkanes) is 9. The second kappa shape index (κ2) is 28.0. The van der Waals surface area contributed by atoms with Crippen LogP contribution < -0.4 is 0 Å². The van der Waals surface area contributed by atoms with Crippen LogP contribution in [0, 0.1) is 0 Å². The lowest BCUT2D eigenvalue weighted by Gasteiger charge is -2.30. The van der Waals surface area contributed by atoms with E-state index in [1.165, 1.54) is 70.6 Å². The van der Waals surface area contributed by atoms with E-state index in [0.717, 1.165) is 12.8 Å². The average molecular weight is 606 g/mol. The van der Waals surface area contributed by atoms with Gasteiger partial charge in [0.15, 0.2) is 0 Å². The van der Waals surface area contributed by atoms with Crippen LogP contribution in [0.5, 0.6) is 0 Å². The summed E-state index contributed by atoms with van der Waals surface area (Å²) in [5.74, 6) is 0. The highest BCUT2D eigenvalue weighted by molar-refractivity contribution is 7.80. The quantitative estimate of drug-likeness (QED) is 0.0628. The molecule has 0 aliphatic carbocycles. The molecule has 3 atom stereocenters. The number of nitrogens with zero attached hydrogens (tertiary/aromatic N) is 1. The van der Waals surface area contributed by atoms with Crippen molar-refractivity contribution in [1.29, 1.82) is 0 Å². The average Bonchev–Trinajstić information content (AvgIpc) is 2.75. The van der Waals surface area contributed by atoms with Gasteiger partial charge in [-0.3, -0.25) is 13.7 Å². The van der Waals surface area contributed by atoms with E-state index in [1.54, 1.807) is 0 Å². The Morgan fingerprint density at radius 3 is 1.11 bits per heavy atom. The summed E-state index contributed by atoms with van der Waals surface area (Å²) in [5.41, 5.74) is 0. The van der Waals surface area contributed by atoms with Crippen molar-refractivity contribution in [2.24, 2.45) is 0 Å². The van der Waals surface area contributed by atoms with Crippen LogP contribution in [0.15, 0.2) is 0 Å². The molecule has 3 unspecified atom stereocenters. The number of rotatable bonds is 17. The van der Waals surface area contributed by atoms with Gasteiger partial charge in [-0.25, -0.2) is 9.08 Å². The fraction of sp³-hybridized carbons (Fsp3) is 1.00. The molecule has 17 heteroatoms. The first-order chi connectivity index (χ1) is 17.3. The van der Waals surface area contributed by atoms with Gasteiger partial charge in [0.1, 0.15) is 24.8 Å². The fourth-order valence-electron chi connectivity index (χ4n) is 2.75. The number of hydrogen-bond donors (Lipinski definition) is 9. The Balaban J connectivity index is -0.000000231. The van der Waals surface area contributed by atoms with E-state index in [-0.39, 0.29) is 19.8 Å². The van der Waals surface area contributed by atoms with Crippen molar-refractivity contribution in [3.05, 3.63) is 0 Å². The Hall–Kier alpha value is -0.540. The minimum Gasteiger partial charge on any atom is -0.394 e. The fourth-order valence-corrected chi connectivity index (χ4v) is 3.08.